The lowest BCUT2D eigenvalue weighted by molar-refractivity contribution is -0.0799. The van der Waals surface area contributed by atoms with E-state index in [0.717, 1.165) is 26.9 Å². The molecule has 100 valence electrons. The maximum atomic E-state index is 5.73. The summed E-state index contributed by atoms with van der Waals surface area (Å²) in [6.45, 7) is 7.35. The molecule has 0 amide bonds. The number of ether oxygens (including phenoxy) is 2. The van der Waals surface area contributed by atoms with Gasteiger partial charge >= 0.3 is 0 Å². The number of nitrogens with one attached hydrogen (secondary N) is 1. The topological polar surface area (TPSA) is 56.5 Å². The van der Waals surface area contributed by atoms with Gasteiger partial charge in [0.2, 0.25) is 0 Å². The first-order chi connectivity index (χ1) is 8.48. The lowest BCUT2D eigenvalue weighted by Gasteiger charge is -2.43. The molecule has 0 aliphatic carbocycles. The molecule has 4 nitrogen and oxygen atoms in total. The van der Waals surface area contributed by atoms with Gasteiger partial charge in [0.05, 0.1) is 20.3 Å². The molecule has 0 saturated carbocycles. The van der Waals surface area contributed by atoms with Crippen molar-refractivity contribution in [1.82, 2.24) is 5.43 Å². The highest BCUT2D eigenvalue weighted by Gasteiger charge is 2.43. The molecule has 0 bridgehead atoms. The lowest BCUT2D eigenvalue weighted by atomic mass is 9.82. The van der Waals surface area contributed by atoms with E-state index >= 15 is 0 Å². The Balaban J connectivity index is 2.73. The predicted octanol–water partition coefficient (Wildman–Crippen LogP) is 2.07. The van der Waals surface area contributed by atoms with Crippen molar-refractivity contribution in [2.45, 2.75) is 26.3 Å². The molecule has 1 aliphatic rings. The SMILES string of the molecule is COc1c(C)c(C)c(Br)c(C)c1C1(NN)COC1. The standard InChI is InChI=1S/C13H19BrN2O2/c1-7-8(2)12(17-4)10(9(3)11(7)14)13(16-15)5-18-6-13/h16H,5-6,15H2,1-4H3. The van der Waals surface area contributed by atoms with Crippen molar-refractivity contribution in [2.75, 3.05) is 20.3 Å². The fourth-order valence-corrected chi connectivity index (χ4v) is 3.02. The Kier molecular flexibility index (Phi) is 3.69. The van der Waals surface area contributed by atoms with E-state index in [1.807, 2.05) is 0 Å². The van der Waals surface area contributed by atoms with Crippen LogP contribution in [0.2, 0.25) is 0 Å². The van der Waals surface area contributed by atoms with Crippen LogP contribution in [0.1, 0.15) is 22.3 Å². The van der Waals surface area contributed by atoms with E-state index in [4.69, 9.17) is 15.3 Å². The lowest BCUT2D eigenvalue weighted by Crippen LogP contribution is -2.60. The Labute approximate surface area is 116 Å². The van der Waals surface area contributed by atoms with Crippen LogP contribution in [0.25, 0.3) is 0 Å². The predicted molar refractivity (Wildman–Crippen MR) is 74.7 cm³/mol. The first kappa shape index (κ1) is 13.8. The first-order valence-corrected chi connectivity index (χ1v) is 6.67. The second-order valence-electron chi connectivity index (χ2n) is 4.82. The third kappa shape index (κ3) is 1.77. The Bertz CT molecular complexity index is 479. The van der Waals surface area contributed by atoms with E-state index in [1.54, 1.807) is 7.11 Å². The monoisotopic (exact) mass is 314 g/mol. The number of hydrazine groups is 1. The minimum atomic E-state index is -0.337. The number of hydrogen-bond acceptors (Lipinski definition) is 4. The van der Waals surface area contributed by atoms with Crippen molar-refractivity contribution in [1.29, 1.82) is 0 Å². The summed E-state index contributed by atoms with van der Waals surface area (Å²) in [6.07, 6.45) is 0. The molecule has 1 aliphatic heterocycles. The number of methoxy groups -OCH3 is 1. The largest absolute Gasteiger partial charge is 0.496 e. The van der Waals surface area contributed by atoms with Crippen LogP contribution in [0.15, 0.2) is 4.47 Å². The van der Waals surface area contributed by atoms with Gasteiger partial charge in [-0.15, -0.1) is 0 Å². The normalized spacial score (nSPS) is 17.4. The van der Waals surface area contributed by atoms with E-state index < -0.39 is 0 Å². The molecule has 0 atom stereocenters. The van der Waals surface area contributed by atoms with Crippen molar-refractivity contribution in [3.8, 4) is 5.75 Å². The molecule has 0 radical (unpaired) electrons. The molecule has 1 fully saturated rings. The molecule has 1 saturated heterocycles. The smallest absolute Gasteiger partial charge is 0.127 e. The average Bonchev–Trinajstić information content (AvgIpc) is 2.32. The number of rotatable bonds is 3. The van der Waals surface area contributed by atoms with E-state index in [0.29, 0.717) is 13.2 Å². The van der Waals surface area contributed by atoms with Crippen LogP contribution < -0.4 is 16.0 Å². The zero-order valence-electron chi connectivity index (χ0n) is 11.2. The molecular formula is C13H19BrN2O2. The second kappa shape index (κ2) is 4.81. The summed E-state index contributed by atoms with van der Waals surface area (Å²) in [4.78, 5) is 0. The maximum absolute atomic E-state index is 5.73. The molecule has 0 spiro atoms. The van der Waals surface area contributed by atoms with Gasteiger partial charge < -0.3 is 9.47 Å². The van der Waals surface area contributed by atoms with E-state index in [2.05, 4.69) is 42.1 Å². The van der Waals surface area contributed by atoms with E-state index in [-0.39, 0.29) is 5.54 Å². The van der Waals surface area contributed by atoms with Gasteiger partial charge in [0.15, 0.2) is 0 Å². The Morgan fingerprint density at radius 2 is 1.83 bits per heavy atom. The highest BCUT2D eigenvalue weighted by Crippen LogP contribution is 2.43. The number of benzene rings is 1. The summed E-state index contributed by atoms with van der Waals surface area (Å²) in [7, 11) is 1.70. The van der Waals surface area contributed by atoms with Crippen molar-refractivity contribution < 1.29 is 9.47 Å². The highest BCUT2D eigenvalue weighted by molar-refractivity contribution is 9.10. The number of halogens is 1. The van der Waals surface area contributed by atoms with Crippen LogP contribution >= 0.6 is 15.9 Å². The Morgan fingerprint density at radius 1 is 1.22 bits per heavy atom. The number of nitrogens with two attached hydrogens (primary N) is 1. The van der Waals surface area contributed by atoms with Crippen LogP contribution in [0, 0.1) is 20.8 Å². The third-order valence-electron chi connectivity index (χ3n) is 3.82. The van der Waals surface area contributed by atoms with Gasteiger partial charge in [-0.3, -0.25) is 5.84 Å². The van der Waals surface area contributed by atoms with Crippen molar-refractivity contribution in [3.63, 3.8) is 0 Å². The molecule has 0 unspecified atom stereocenters. The third-order valence-corrected chi connectivity index (χ3v) is 5.01. The summed E-state index contributed by atoms with van der Waals surface area (Å²) >= 11 is 3.65. The fourth-order valence-electron chi connectivity index (χ4n) is 2.52. The van der Waals surface area contributed by atoms with E-state index in [9.17, 15) is 0 Å². The summed E-state index contributed by atoms with van der Waals surface area (Å²) in [5, 5.41) is 0. The zero-order valence-corrected chi connectivity index (χ0v) is 12.8. The van der Waals surface area contributed by atoms with Gasteiger partial charge in [-0.05, 0) is 37.5 Å². The molecule has 2 rings (SSSR count). The number of hydrogen-bond donors (Lipinski definition) is 2. The first-order valence-electron chi connectivity index (χ1n) is 5.87. The van der Waals surface area contributed by atoms with Gasteiger partial charge in [-0.25, -0.2) is 5.43 Å². The van der Waals surface area contributed by atoms with Gasteiger partial charge in [0.25, 0.3) is 0 Å². The van der Waals surface area contributed by atoms with Crippen LogP contribution in [0.4, 0.5) is 0 Å². The quantitative estimate of drug-likeness (QED) is 0.662. The van der Waals surface area contributed by atoms with Gasteiger partial charge in [0.1, 0.15) is 11.3 Å². The minimum Gasteiger partial charge on any atom is -0.496 e. The summed E-state index contributed by atoms with van der Waals surface area (Å²) in [5.74, 6) is 6.63. The molecule has 1 aromatic rings. The molecule has 1 aromatic carbocycles. The van der Waals surface area contributed by atoms with Crippen molar-refractivity contribution >= 4 is 15.9 Å². The van der Waals surface area contributed by atoms with Gasteiger partial charge in [-0.1, -0.05) is 15.9 Å². The summed E-state index contributed by atoms with van der Waals surface area (Å²) in [6, 6.07) is 0. The van der Waals surface area contributed by atoms with Crippen LogP contribution in [-0.4, -0.2) is 20.3 Å². The fraction of sp³-hybridized carbons (Fsp3) is 0.538. The summed E-state index contributed by atoms with van der Waals surface area (Å²) < 4.78 is 12.0. The van der Waals surface area contributed by atoms with E-state index in [1.165, 1.54) is 5.56 Å². The van der Waals surface area contributed by atoms with Crippen LogP contribution in [0.3, 0.4) is 0 Å². The van der Waals surface area contributed by atoms with Gasteiger partial charge in [0, 0.05) is 10.0 Å². The van der Waals surface area contributed by atoms with Gasteiger partial charge in [-0.2, -0.15) is 0 Å². The second-order valence-corrected chi connectivity index (χ2v) is 5.61. The Hall–Kier alpha value is -0.620. The minimum absolute atomic E-state index is 0.337. The molecule has 0 aromatic heterocycles. The molecular weight excluding hydrogens is 296 g/mol. The Morgan fingerprint density at radius 3 is 2.22 bits per heavy atom. The molecule has 1 heterocycles. The molecule has 18 heavy (non-hydrogen) atoms. The van der Waals surface area contributed by atoms with Crippen LogP contribution in [0.5, 0.6) is 5.75 Å². The summed E-state index contributed by atoms with van der Waals surface area (Å²) in [5.41, 5.74) is 7.12. The zero-order chi connectivity index (χ0) is 13.5. The van der Waals surface area contributed by atoms with Crippen molar-refractivity contribution in [2.24, 2.45) is 5.84 Å². The van der Waals surface area contributed by atoms with Crippen LogP contribution in [-0.2, 0) is 10.3 Å². The average molecular weight is 315 g/mol. The maximum Gasteiger partial charge on any atom is 0.127 e. The molecule has 5 heteroatoms. The molecule has 3 N–H and O–H groups in total. The van der Waals surface area contributed by atoms with Crippen molar-refractivity contribution in [3.05, 3.63) is 26.7 Å². The highest BCUT2D eigenvalue weighted by atomic mass is 79.9.